The van der Waals surface area contributed by atoms with Crippen molar-refractivity contribution in [1.29, 1.82) is 5.26 Å². The fourth-order valence-electron chi connectivity index (χ4n) is 3.33. The summed E-state index contributed by atoms with van der Waals surface area (Å²) in [6.07, 6.45) is 0.544. The average Bonchev–Trinajstić information content (AvgIpc) is 2.54. The second-order valence-corrected chi connectivity index (χ2v) is 7.92. The van der Waals surface area contributed by atoms with E-state index in [0.717, 1.165) is 0 Å². The minimum atomic E-state index is -3.21. The van der Waals surface area contributed by atoms with Crippen LogP contribution < -0.4 is 0 Å². The van der Waals surface area contributed by atoms with Crippen molar-refractivity contribution in [3.8, 4) is 6.07 Å². The molecule has 0 bridgehead atoms. The van der Waals surface area contributed by atoms with E-state index in [1.165, 1.54) is 0 Å². The molecule has 2 fully saturated rings. The molecule has 2 heterocycles. The highest BCUT2D eigenvalue weighted by atomic mass is 32.2. The SMILES string of the molecule is CC1CC(O)(C2(C#N)CCS(=O)(=O)C2)CC(C)O1. The third-order valence-electron chi connectivity index (χ3n) is 4.13. The van der Waals surface area contributed by atoms with E-state index in [4.69, 9.17) is 4.74 Å². The monoisotopic (exact) mass is 273 g/mol. The first-order chi connectivity index (χ1) is 8.22. The van der Waals surface area contributed by atoms with Crippen molar-refractivity contribution in [2.75, 3.05) is 11.5 Å². The first-order valence-corrected chi connectivity index (χ1v) is 8.04. The summed E-state index contributed by atoms with van der Waals surface area (Å²) in [5.41, 5.74) is -2.43. The third kappa shape index (κ3) is 2.15. The quantitative estimate of drug-likeness (QED) is 0.757. The maximum Gasteiger partial charge on any atom is 0.152 e. The average molecular weight is 273 g/mol. The molecule has 18 heavy (non-hydrogen) atoms. The summed E-state index contributed by atoms with van der Waals surface area (Å²) >= 11 is 0. The molecule has 3 unspecified atom stereocenters. The van der Waals surface area contributed by atoms with Gasteiger partial charge in [0.25, 0.3) is 0 Å². The predicted molar refractivity (Wildman–Crippen MR) is 65.5 cm³/mol. The van der Waals surface area contributed by atoms with Gasteiger partial charge in [-0.05, 0) is 20.3 Å². The molecule has 1 N–H and O–H groups in total. The van der Waals surface area contributed by atoms with Gasteiger partial charge in [-0.3, -0.25) is 0 Å². The van der Waals surface area contributed by atoms with Crippen molar-refractivity contribution in [3.63, 3.8) is 0 Å². The Labute approximate surface area is 108 Å². The van der Waals surface area contributed by atoms with E-state index >= 15 is 0 Å². The molecular weight excluding hydrogens is 254 g/mol. The second-order valence-electron chi connectivity index (χ2n) is 5.73. The van der Waals surface area contributed by atoms with Gasteiger partial charge in [-0.15, -0.1) is 0 Å². The minimum Gasteiger partial charge on any atom is -0.388 e. The van der Waals surface area contributed by atoms with E-state index in [2.05, 4.69) is 6.07 Å². The zero-order valence-corrected chi connectivity index (χ0v) is 11.5. The molecule has 5 nitrogen and oxygen atoms in total. The van der Waals surface area contributed by atoms with Crippen molar-refractivity contribution in [2.45, 2.75) is 50.9 Å². The standard InChI is InChI=1S/C12H19NO4S/c1-9-5-12(14,6-10(2)17-9)11(7-13)3-4-18(15,16)8-11/h9-10,14H,3-6,8H2,1-2H3. The van der Waals surface area contributed by atoms with Crippen molar-refractivity contribution in [1.82, 2.24) is 0 Å². The van der Waals surface area contributed by atoms with E-state index < -0.39 is 20.9 Å². The highest BCUT2D eigenvalue weighted by molar-refractivity contribution is 7.91. The summed E-state index contributed by atoms with van der Waals surface area (Å²) in [6.45, 7) is 3.68. The molecule has 2 saturated heterocycles. The Hall–Kier alpha value is -0.640. The molecule has 0 aromatic heterocycles. The minimum absolute atomic E-state index is 0.00745. The smallest absolute Gasteiger partial charge is 0.152 e. The Morgan fingerprint density at radius 1 is 1.33 bits per heavy atom. The van der Waals surface area contributed by atoms with Gasteiger partial charge in [0.2, 0.25) is 0 Å². The van der Waals surface area contributed by atoms with E-state index in [1.807, 2.05) is 13.8 Å². The van der Waals surface area contributed by atoms with E-state index in [9.17, 15) is 18.8 Å². The lowest BCUT2D eigenvalue weighted by Gasteiger charge is -2.46. The van der Waals surface area contributed by atoms with Gasteiger partial charge in [0.05, 0.1) is 35.4 Å². The topological polar surface area (TPSA) is 87.4 Å². The molecular formula is C12H19NO4S. The summed E-state index contributed by atoms with van der Waals surface area (Å²) in [7, 11) is -3.21. The van der Waals surface area contributed by atoms with E-state index in [0.29, 0.717) is 12.8 Å². The number of rotatable bonds is 1. The number of hydrogen-bond donors (Lipinski definition) is 1. The molecule has 2 aliphatic heterocycles. The molecule has 6 heteroatoms. The first-order valence-electron chi connectivity index (χ1n) is 6.21. The van der Waals surface area contributed by atoms with Gasteiger partial charge in [-0.1, -0.05) is 0 Å². The van der Waals surface area contributed by atoms with E-state index in [1.54, 1.807) is 0 Å². The van der Waals surface area contributed by atoms with Crippen LogP contribution in [0.5, 0.6) is 0 Å². The van der Waals surface area contributed by atoms with Crippen LogP contribution in [0.1, 0.15) is 33.1 Å². The molecule has 0 amide bonds. The van der Waals surface area contributed by atoms with Crippen LogP contribution in [0.2, 0.25) is 0 Å². The number of hydrogen-bond acceptors (Lipinski definition) is 5. The lowest BCUT2D eigenvalue weighted by Crippen LogP contribution is -2.55. The summed E-state index contributed by atoms with van der Waals surface area (Å²) < 4.78 is 28.9. The molecule has 0 aromatic rings. The third-order valence-corrected chi connectivity index (χ3v) is 5.88. The van der Waals surface area contributed by atoms with Crippen LogP contribution in [0.25, 0.3) is 0 Å². The van der Waals surface area contributed by atoms with E-state index in [-0.39, 0.29) is 30.1 Å². The molecule has 0 saturated carbocycles. The maximum absolute atomic E-state index is 11.7. The molecule has 102 valence electrons. The number of nitrogens with zero attached hydrogens (tertiary/aromatic N) is 1. The van der Waals surface area contributed by atoms with Gasteiger partial charge >= 0.3 is 0 Å². The van der Waals surface area contributed by atoms with Crippen LogP contribution in [0.4, 0.5) is 0 Å². The highest BCUT2D eigenvalue weighted by Crippen LogP contribution is 2.48. The summed E-state index contributed by atoms with van der Waals surface area (Å²) in [6, 6.07) is 2.10. The Balaban J connectivity index is 2.36. The molecule has 2 aliphatic rings. The Morgan fingerprint density at radius 3 is 2.28 bits per heavy atom. The maximum atomic E-state index is 11.7. The van der Waals surface area contributed by atoms with Crippen LogP contribution in [-0.4, -0.2) is 42.8 Å². The van der Waals surface area contributed by atoms with Gasteiger partial charge in [-0.2, -0.15) is 5.26 Å². The van der Waals surface area contributed by atoms with Crippen molar-refractivity contribution < 1.29 is 18.3 Å². The lowest BCUT2D eigenvalue weighted by molar-refractivity contribution is -0.167. The fourth-order valence-corrected chi connectivity index (χ4v) is 5.36. The van der Waals surface area contributed by atoms with Gasteiger partial charge in [-0.25, -0.2) is 8.42 Å². The summed E-state index contributed by atoms with van der Waals surface area (Å²) in [5.74, 6) is -0.237. The lowest BCUT2D eigenvalue weighted by atomic mass is 9.66. The fraction of sp³-hybridized carbons (Fsp3) is 0.917. The normalized spacial score (nSPS) is 47.7. The first kappa shape index (κ1) is 13.8. The van der Waals surface area contributed by atoms with Crippen LogP contribution in [0.15, 0.2) is 0 Å². The molecule has 0 aromatic carbocycles. The number of ether oxygens (including phenoxy) is 1. The van der Waals surface area contributed by atoms with Crippen molar-refractivity contribution >= 4 is 9.84 Å². The Morgan fingerprint density at radius 2 is 1.89 bits per heavy atom. The largest absolute Gasteiger partial charge is 0.388 e. The summed E-state index contributed by atoms with van der Waals surface area (Å²) in [5, 5.41) is 20.3. The Kier molecular flexibility index (Phi) is 3.21. The zero-order chi connectivity index (χ0) is 13.6. The zero-order valence-electron chi connectivity index (χ0n) is 10.7. The highest BCUT2D eigenvalue weighted by Gasteiger charge is 2.58. The number of nitriles is 1. The number of aliphatic hydroxyl groups is 1. The van der Waals surface area contributed by atoms with Crippen molar-refractivity contribution in [2.24, 2.45) is 5.41 Å². The number of sulfone groups is 1. The second kappa shape index (κ2) is 4.19. The molecule has 0 radical (unpaired) electrons. The summed E-state index contributed by atoms with van der Waals surface area (Å²) in [4.78, 5) is 0. The molecule has 3 atom stereocenters. The van der Waals surface area contributed by atoms with Crippen molar-refractivity contribution in [3.05, 3.63) is 0 Å². The molecule has 0 aliphatic carbocycles. The molecule has 0 spiro atoms. The van der Waals surface area contributed by atoms with Crippen LogP contribution in [-0.2, 0) is 14.6 Å². The van der Waals surface area contributed by atoms with Crippen LogP contribution in [0, 0.1) is 16.7 Å². The van der Waals surface area contributed by atoms with Crippen LogP contribution in [0.3, 0.4) is 0 Å². The van der Waals surface area contributed by atoms with Gasteiger partial charge in [0.1, 0.15) is 5.41 Å². The molecule has 2 rings (SSSR count). The van der Waals surface area contributed by atoms with Gasteiger partial charge < -0.3 is 9.84 Å². The van der Waals surface area contributed by atoms with Gasteiger partial charge in [0.15, 0.2) is 9.84 Å². The van der Waals surface area contributed by atoms with Gasteiger partial charge in [0, 0.05) is 12.8 Å². The van der Waals surface area contributed by atoms with Crippen LogP contribution >= 0.6 is 0 Å². The Bertz CT molecular complexity index is 471. The predicted octanol–water partition coefficient (Wildman–Crippen LogP) is 0.633.